The molecule has 0 heterocycles. The van der Waals surface area contributed by atoms with Crippen LogP contribution in [0.5, 0.6) is 0 Å². The number of benzene rings is 2. The third kappa shape index (κ3) is 3.51. The van der Waals surface area contributed by atoms with Crippen molar-refractivity contribution < 1.29 is 14.0 Å². The Morgan fingerprint density at radius 2 is 1.67 bits per heavy atom. The number of carbonyl (C=O) groups excluding carboxylic acids is 2. The van der Waals surface area contributed by atoms with Gasteiger partial charge in [-0.15, -0.1) is 0 Å². The first-order valence-electron chi connectivity index (χ1n) is 5.74. The topological polar surface area (TPSA) is 72.2 Å². The molecule has 0 aliphatic carbocycles. The van der Waals surface area contributed by atoms with Crippen molar-refractivity contribution in [2.75, 3.05) is 5.32 Å². The second-order valence-corrected chi connectivity index (χ2v) is 4.96. The Morgan fingerprint density at radius 1 is 1.05 bits per heavy atom. The molecule has 0 saturated carbocycles. The molecule has 108 valence electrons. The number of anilines is 1. The molecule has 0 atom stereocenters. The van der Waals surface area contributed by atoms with Gasteiger partial charge in [0.15, 0.2) is 0 Å². The van der Waals surface area contributed by atoms with Crippen LogP contribution in [-0.2, 0) is 0 Å². The van der Waals surface area contributed by atoms with Crippen molar-refractivity contribution in [2.24, 2.45) is 5.73 Å². The second kappa shape index (κ2) is 6.11. The van der Waals surface area contributed by atoms with Crippen molar-refractivity contribution >= 4 is 40.7 Å². The predicted octanol–water partition coefficient (Wildman–Crippen LogP) is 3.48. The van der Waals surface area contributed by atoms with E-state index in [4.69, 9.17) is 28.9 Å². The molecule has 4 nitrogen and oxygen atoms in total. The van der Waals surface area contributed by atoms with Crippen LogP contribution in [-0.4, -0.2) is 11.8 Å². The van der Waals surface area contributed by atoms with Gasteiger partial charge in [0, 0.05) is 11.3 Å². The lowest BCUT2D eigenvalue weighted by Gasteiger charge is -2.08. The van der Waals surface area contributed by atoms with Crippen LogP contribution >= 0.6 is 23.2 Å². The molecule has 7 heteroatoms. The Bertz CT molecular complexity index is 718. The molecule has 2 amide bonds. The molecule has 21 heavy (non-hydrogen) atoms. The summed E-state index contributed by atoms with van der Waals surface area (Å²) in [7, 11) is 0. The number of nitrogens with one attached hydrogen (secondary N) is 1. The van der Waals surface area contributed by atoms with Crippen LogP contribution in [0.3, 0.4) is 0 Å². The quantitative estimate of drug-likeness (QED) is 0.847. The standard InChI is InChI=1S/C14H9Cl2FN2O2/c15-10-6-11(16)12(17)5-9(10)14(21)19-8-3-1-7(2-4-8)13(18)20/h1-6H,(H2,18,20)(H,19,21). The second-order valence-electron chi connectivity index (χ2n) is 4.14. The summed E-state index contributed by atoms with van der Waals surface area (Å²) in [5, 5.41) is 2.40. The number of carbonyl (C=O) groups is 2. The summed E-state index contributed by atoms with van der Waals surface area (Å²) in [6.45, 7) is 0. The molecule has 2 aromatic carbocycles. The maximum atomic E-state index is 13.4. The number of amides is 2. The molecule has 0 spiro atoms. The van der Waals surface area contributed by atoms with Crippen molar-refractivity contribution in [3.8, 4) is 0 Å². The van der Waals surface area contributed by atoms with E-state index >= 15 is 0 Å². The van der Waals surface area contributed by atoms with E-state index < -0.39 is 17.6 Å². The summed E-state index contributed by atoms with van der Waals surface area (Å²) in [5.74, 6) is -1.91. The van der Waals surface area contributed by atoms with Gasteiger partial charge in [-0.25, -0.2) is 4.39 Å². The van der Waals surface area contributed by atoms with E-state index in [0.717, 1.165) is 12.1 Å². The summed E-state index contributed by atoms with van der Waals surface area (Å²) in [4.78, 5) is 23.0. The van der Waals surface area contributed by atoms with E-state index in [0.29, 0.717) is 11.3 Å². The molecular formula is C14H9Cl2FN2O2. The number of nitrogens with two attached hydrogens (primary N) is 1. The Morgan fingerprint density at radius 3 is 2.24 bits per heavy atom. The van der Waals surface area contributed by atoms with Crippen LogP contribution in [0, 0.1) is 5.82 Å². The summed E-state index contributed by atoms with van der Waals surface area (Å²) < 4.78 is 13.4. The largest absolute Gasteiger partial charge is 0.366 e. The fourth-order valence-corrected chi connectivity index (χ4v) is 2.08. The monoisotopic (exact) mass is 326 g/mol. The van der Waals surface area contributed by atoms with Gasteiger partial charge in [-0.1, -0.05) is 23.2 Å². The number of halogens is 3. The predicted molar refractivity (Wildman–Crippen MR) is 79.3 cm³/mol. The Balaban J connectivity index is 2.22. The van der Waals surface area contributed by atoms with Gasteiger partial charge in [0.1, 0.15) is 5.82 Å². The van der Waals surface area contributed by atoms with Gasteiger partial charge in [0.05, 0.1) is 15.6 Å². The lowest BCUT2D eigenvalue weighted by molar-refractivity contribution is 0.0998. The fraction of sp³-hybridized carbons (Fsp3) is 0. The van der Waals surface area contributed by atoms with Crippen molar-refractivity contribution in [3.63, 3.8) is 0 Å². The number of hydrogen-bond acceptors (Lipinski definition) is 2. The minimum atomic E-state index is -0.740. The molecule has 0 radical (unpaired) electrons. The average molecular weight is 327 g/mol. The van der Waals surface area contributed by atoms with Crippen LogP contribution in [0.15, 0.2) is 36.4 Å². The van der Waals surface area contributed by atoms with Crippen LogP contribution in [0.2, 0.25) is 10.0 Å². The molecule has 0 aromatic heterocycles. The molecule has 3 N–H and O–H groups in total. The molecule has 0 aliphatic heterocycles. The average Bonchev–Trinajstić information content (AvgIpc) is 2.43. The van der Waals surface area contributed by atoms with Crippen molar-refractivity contribution in [1.29, 1.82) is 0 Å². The molecular weight excluding hydrogens is 318 g/mol. The maximum Gasteiger partial charge on any atom is 0.257 e. The van der Waals surface area contributed by atoms with Crippen molar-refractivity contribution in [2.45, 2.75) is 0 Å². The first kappa shape index (κ1) is 15.3. The van der Waals surface area contributed by atoms with Gasteiger partial charge >= 0.3 is 0 Å². The highest BCUT2D eigenvalue weighted by Crippen LogP contribution is 2.25. The highest BCUT2D eigenvalue weighted by molar-refractivity contribution is 6.37. The van der Waals surface area contributed by atoms with E-state index in [-0.39, 0.29) is 15.6 Å². The van der Waals surface area contributed by atoms with Crippen molar-refractivity contribution in [3.05, 3.63) is 63.4 Å². The van der Waals surface area contributed by atoms with E-state index in [9.17, 15) is 14.0 Å². The number of primary amides is 1. The van der Waals surface area contributed by atoms with Crippen LogP contribution in [0.1, 0.15) is 20.7 Å². The minimum Gasteiger partial charge on any atom is -0.366 e. The number of hydrogen-bond donors (Lipinski definition) is 2. The normalized spacial score (nSPS) is 10.2. The lowest BCUT2D eigenvalue weighted by Crippen LogP contribution is -2.14. The Labute approximate surface area is 129 Å². The lowest BCUT2D eigenvalue weighted by atomic mass is 10.1. The smallest absolute Gasteiger partial charge is 0.257 e. The molecule has 0 bridgehead atoms. The first-order chi connectivity index (χ1) is 9.88. The van der Waals surface area contributed by atoms with Crippen LogP contribution in [0.25, 0.3) is 0 Å². The van der Waals surface area contributed by atoms with E-state index in [1.165, 1.54) is 24.3 Å². The molecule has 0 fully saturated rings. The summed E-state index contributed by atoms with van der Waals surface area (Å²) in [6, 6.07) is 8.03. The fourth-order valence-electron chi connectivity index (χ4n) is 1.61. The SMILES string of the molecule is NC(=O)c1ccc(NC(=O)c2cc(F)c(Cl)cc2Cl)cc1. The maximum absolute atomic E-state index is 13.4. The van der Waals surface area contributed by atoms with Crippen LogP contribution < -0.4 is 11.1 Å². The zero-order valence-electron chi connectivity index (χ0n) is 10.5. The third-order valence-corrected chi connectivity index (χ3v) is 3.28. The Kier molecular flexibility index (Phi) is 4.45. The van der Waals surface area contributed by atoms with Crippen molar-refractivity contribution in [1.82, 2.24) is 0 Å². The van der Waals surface area contributed by atoms with Gasteiger partial charge in [0.2, 0.25) is 5.91 Å². The van der Waals surface area contributed by atoms with Gasteiger partial charge in [-0.3, -0.25) is 9.59 Å². The highest BCUT2D eigenvalue weighted by atomic mass is 35.5. The molecule has 2 rings (SSSR count). The first-order valence-corrected chi connectivity index (χ1v) is 6.50. The summed E-state index contributed by atoms with van der Waals surface area (Å²) in [6.07, 6.45) is 0. The highest BCUT2D eigenvalue weighted by Gasteiger charge is 2.14. The molecule has 0 saturated heterocycles. The third-order valence-electron chi connectivity index (χ3n) is 2.68. The minimum absolute atomic E-state index is 0.0349. The zero-order valence-corrected chi connectivity index (χ0v) is 12.0. The molecule has 0 unspecified atom stereocenters. The summed E-state index contributed by atoms with van der Waals surface area (Å²) >= 11 is 11.4. The Hall–Kier alpha value is -2.11. The van der Waals surface area contributed by atoms with E-state index in [1.807, 2.05) is 0 Å². The zero-order chi connectivity index (χ0) is 15.6. The molecule has 2 aromatic rings. The van der Waals surface area contributed by atoms with Crippen LogP contribution in [0.4, 0.5) is 10.1 Å². The van der Waals surface area contributed by atoms with Gasteiger partial charge in [0.25, 0.3) is 5.91 Å². The van der Waals surface area contributed by atoms with Gasteiger partial charge < -0.3 is 11.1 Å². The van der Waals surface area contributed by atoms with E-state index in [1.54, 1.807) is 0 Å². The van der Waals surface area contributed by atoms with E-state index in [2.05, 4.69) is 5.32 Å². The van der Waals surface area contributed by atoms with Gasteiger partial charge in [-0.05, 0) is 36.4 Å². The molecule has 0 aliphatic rings. The van der Waals surface area contributed by atoms with Gasteiger partial charge in [-0.2, -0.15) is 0 Å². The summed E-state index contributed by atoms with van der Waals surface area (Å²) in [5.41, 5.74) is 5.79. The number of rotatable bonds is 3.